The first-order valence-electron chi connectivity index (χ1n) is 5.43. The maximum Gasteiger partial charge on any atom is 0.248 e. The Morgan fingerprint density at radius 2 is 2.24 bits per heavy atom. The van der Waals surface area contributed by atoms with Crippen LogP contribution in [-0.4, -0.2) is 32.2 Å². The van der Waals surface area contributed by atoms with E-state index in [9.17, 15) is 4.79 Å². The van der Waals surface area contributed by atoms with E-state index >= 15 is 0 Å². The van der Waals surface area contributed by atoms with Gasteiger partial charge in [-0.3, -0.25) is 4.79 Å². The van der Waals surface area contributed by atoms with Crippen LogP contribution >= 0.6 is 15.9 Å². The van der Waals surface area contributed by atoms with Crippen LogP contribution < -0.4 is 10.6 Å². The number of halogens is 1. The molecule has 17 heavy (non-hydrogen) atoms. The first-order valence-corrected chi connectivity index (χ1v) is 6.22. The van der Waals surface area contributed by atoms with Gasteiger partial charge in [0.2, 0.25) is 5.91 Å². The lowest BCUT2D eigenvalue weighted by Crippen LogP contribution is -2.36. The fraction of sp³-hybridized carbons (Fsp3) is 0.417. The second-order valence-electron chi connectivity index (χ2n) is 3.61. The number of rotatable bonds is 6. The molecule has 0 heterocycles. The van der Waals surface area contributed by atoms with Gasteiger partial charge in [0.05, 0.1) is 0 Å². The van der Waals surface area contributed by atoms with Crippen molar-refractivity contribution in [2.75, 3.05) is 25.5 Å². The summed E-state index contributed by atoms with van der Waals surface area (Å²) < 4.78 is 5.93. The van der Waals surface area contributed by atoms with Crippen molar-refractivity contribution in [1.82, 2.24) is 5.32 Å². The van der Waals surface area contributed by atoms with Crippen molar-refractivity contribution in [1.29, 1.82) is 0 Å². The minimum Gasteiger partial charge on any atom is -0.383 e. The lowest BCUT2D eigenvalue weighted by atomic mass is 10.3. The van der Waals surface area contributed by atoms with Crippen LogP contribution in [0.3, 0.4) is 0 Å². The quantitative estimate of drug-likeness (QED) is 0.790. The Hall–Kier alpha value is -1.07. The number of hydrogen-bond donors (Lipinski definition) is 2. The van der Waals surface area contributed by atoms with Crippen LogP contribution in [0.15, 0.2) is 28.7 Å². The number of carbonyl (C=O) groups excluding carboxylic acids is 1. The molecule has 5 heteroatoms. The van der Waals surface area contributed by atoms with Crippen LogP contribution in [0.25, 0.3) is 0 Å². The summed E-state index contributed by atoms with van der Waals surface area (Å²) in [6.07, 6.45) is -0.402. The molecule has 1 amide bonds. The van der Waals surface area contributed by atoms with Gasteiger partial charge < -0.3 is 15.4 Å². The van der Waals surface area contributed by atoms with E-state index < -0.39 is 6.10 Å². The Balaban J connectivity index is 2.22. The van der Waals surface area contributed by atoms with Crippen LogP contribution in [0.4, 0.5) is 5.69 Å². The Kier molecular flexibility index (Phi) is 6.00. The third-order valence-corrected chi connectivity index (χ3v) is 2.79. The Labute approximate surface area is 110 Å². The molecule has 2 N–H and O–H groups in total. The Morgan fingerprint density at radius 1 is 1.47 bits per heavy atom. The highest BCUT2D eigenvalue weighted by Gasteiger charge is 2.09. The van der Waals surface area contributed by atoms with Gasteiger partial charge in [-0.2, -0.15) is 0 Å². The predicted molar refractivity (Wildman–Crippen MR) is 72.1 cm³/mol. The average Bonchev–Trinajstić information content (AvgIpc) is 2.33. The molecule has 0 spiro atoms. The Morgan fingerprint density at radius 3 is 2.88 bits per heavy atom. The first kappa shape index (κ1) is 14.0. The lowest BCUT2D eigenvalue weighted by Gasteiger charge is -2.11. The minimum atomic E-state index is -0.402. The van der Waals surface area contributed by atoms with Crippen molar-refractivity contribution in [3.05, 3.63) is 28.7 Å². The molecule has 0 bridgehead atoms. The van der Waals surface area contributed by atoms with E-state index in [0.717, 1.165) is 10.2 Å². The summed E-state index contributed by atoms with van der Waals surface area (Å²) in [5, 5.41) is 5.99. The number of nitrogens with one attached hydrogen (secondary N) is 2. The minimum absolute atomic E-state index is 0.0939. The van der Waals surface area contributed by atoms with Crippen LogP contribution in [-0.2, 0) is 9.53 Å². The SMILES string of the molecule is CO[C@@H](C)C(=O)NCCNc1cccc(Br)c1. The van der Waals surface area contributed by atoms with E-state index in [2.05, 4.69) is 26.6 Å². The van der Waals surface area contributed by atoms with Gasteiger partial charge in [0, 0.05) is 30.4 Å². The van der Waals surface area contributed by atoms with E-state index in [0.29, 0.717) is 13.1 Å². The average molecular weight is 301 g/mol. The second kappa shape index (κ2) is 7.29. The maximum absolute atomic E-state index is 11.4. The second-order valence-corrected chi connectivity index (χ2v) is 4.52. The number of ether oxygens (including phenoxy) is 1. The standard InChI is InChI=1S/C12H17BrN2O2/c1-9(17-2)12(16)15-7-6-14-11-5-3-4-10(13)8-11/h3-5,8-9,14H,6-7H2,1-2H3,(H,15,16)/t9-/m0/s1. The van der Waals surface area contributed by atoms with Crippen molar-refractivity contribution in [3.63, 3.8) is 0 Å². The summed E-state index contributed by atoms with van der Waals surface area (Å²) in [5.41, 5.74) is 1.02. The zero-order chi connectivity index (χ0) is 12.7. The van der Waals surface area contributed by atoms with Gasteiger partial charge in [-0.1, -0.05) is 22.0 Å². The number of hydrogen-bond acceptors (Lipinski definition) is 3. The molecule has 1 aromatic carbocycles. The number of benzene rings is 1. The molecule has 0 aliphatic carbocycles. The molecule has 1 aromatic rings. The molecule has 0 unspecified atom stereocenters. The summed E-state index contributed by atoms with van der Waals surface area (Å²) >= 11 is 3.40. The molecule has 1 atom stereocenters. The van der Waals surface area contributed by atoms with Crippen LogP contribution in [0, 0.1) is 0 Å². The zero-order valence-electron chi connectivity index (χ0n) is 10.00. The van der Waals surface area contributed by atoms with Gasteiger partial charge in [0.25, 0.3) is 0 Å². The summed E-state index contributed by atoms with van der Waals surface area (Å²) in [6, 6.07) is 7.88. The lowest BCUT2D eigenvalue weighted by molar-refractivity contribution is -0.129. The first-order chi connectivity index (χ1) is 8.13. The van der Waals surface area contributed by atoms with E-state index in [1.165, 1.54) is 7.11 Å². The number of methoxy groups -OCH3 is 1. The van der Waals surface area contributed by atoms with Gasteiger partial charge >= 0.3 is 0 Å². The summed E-state index contributed by atoms with van der Waals surface area (Å²) in [4.78, 5) is 11.4. The molecular formula is C12H17BrN2O2. The van der Waals surface area contributed by atoms with Crippen molar-refractivity contribution in [2.24, 2.45) is 0 Å². The largest absolute Gasteiger partial charge is 0.383 e. The normalized spacial score (nSPS) is 11.9. The van der Waals surface area contributed by atoms with Crippen LogP contribution in [0.2, 0.25) is 0 Å². The van der Waals surface area contributed by atoms with Gasteiger partial charge in [0.15, 0.2) is 0 Å². The number of anilines is 1. The molecule has 0 saturated heterocycles. The fourth-order valence-electron chi connectivity index (χ4n) is 1.24. The fourth-order valence-corrected chi connectivity index (χ4v) is 1.64. The molecule has 1 rings (SSSR count). The molecule has 0 radical (unpaired) electrons. The number of carbonyl (C=O) groups is 1. The smallest absolute Gasteiger partial charge is 0.248 e. The third-order valence-electron chi connectivity index (χ3n) is 2.30. The summed E-state index contributed by atoms with van der Waals surface area (Å²) in [7, 11) is 1.52. The van der Waals surface area contributed by atoms with Gasteiger partial charge in [-0.25, -0.2) is 0 Å². The van der Waals surface area contributed by atoms with Gasteiger partial charge in [0.1, 0.15) is 6.10 Å². The highest BCUT2D eigenvalue weighted by Crippen LogP contribution is 2.14. The van der Waals surface area contributed by atoms with E-state index in [1.54, 1.807) is 6.92 Å². The monoisotopic (exact) mass is 300 g/mol. The van der Waals surface area contributed by atoms with Crippen LogP contribution in [0.1, 0.15) is 6.92 Å². The third kappa shape index (κ3) is 5.19. The molecule has 0 aliphatic heterocycles. The van der Waals surface area contributed by atoms with E-state index in [1.807, 2.05) is 24.3 Å². The van der Waals surface area contributed by atoms with Gasteiger partial charge in [-0.15, -0.1) is 0 Å². The summed E-state index contributed by atoms with van der Waals surface area (Å²) in [6.45, 7) is 2.97. The zero-order valence-corrected chi connectivity index (χ0v) is 11.6. The van der Waals surface area contributed by atoms with E-state index in [-0.39, 0.29) is 5.91 Å². The molecule has 0 saturated carbocycles. The molecular weight excluding hydrogens is 284 g/mol. The topological polar surface area (TPSA) is 50.4 Å². The van der Waals surface area contributed by atoms with Crippen molar-refractivity contribution in [3.8, 4) is 0 Å². The highest BCUT2D eigenvalue weighted by molar-refractivity contribution is 9.10. The van der Waals surface area contributed by atoms with Crippen molar-refractivity contribution < 1.29 is 9.53 Å². The highest BCUT2D eigenvalue weighted by atomic mass is 79.9. The predicted octanol–water partition coefficient (Wildman–Crippen LogP) is 2.01. The molecule has 4 nitrogen and oxygen atoms in total. The van der Waals surface area contributed by atoms with Crippen LogP contribution in [0.5, 0.6) is 0 Å². The Bertz CT molecular complexity index is 371. The van der Waals surface area contributed by atoms with E-state index in [4.69, 9.17) is 4.74 Å². The molecule has 0 aromatic heterocycles. The molecule has 0 fully saturated rings. The van der Waals surface area contributed by atoms with Crippen molar-refractivity contribution >= 4 is 27.5 Å². The maximum atomic E-state index is 11.4. The summed E-state index contributed by atoms with van der Waals surface area (Å²) in [5.74, 6) is -0.0939. The molecule has 94 valence electrons. The number of amides is 1. The van der Waals surface area contributed by atoms with Crippen molar-refractivity contribution in [2.45, 2.75) is 13.0 Å². The molecule has 0 aliphatic rings. The van der Waals surface area contributed by atoms with Gasteiger partial charge in [-0.05, 0) is 25.1 Å².